The summed E-state index contributed by atoms with van der Waals surface area (Å²) in [6.07, 6.45) is 0.576. The van der Waals surface area contributed by atoms with Gasteiger partial charge < -0.3 is 74.7 Å². The largest absolute Gasteiger partial charge is 0.389 e. The van der Waals surface area contributed by atoms with Crippen LogP contribution in [0.2, 0.25) is 0 Å². The average Bonchev–Trinajstić information content (AvgIpc) is 1.93. The van der Waals surface area contributed by atoms with Crippen LogP contribution in [0.5, 0.6) is 0 Å². The first-order valence-corrected chi connectivity index (χ1v) is 38.8. The minimum absolute atomic E-state index is 0.301. The topological polar surface area (TPSA) is 284 Å². The third-order valence-corrected chi connectivity index (χ3v) is 18.4. The average molecular weight is 1430 g/mol. The van der Waals surface area contributed by atoms with Crippen LogP contribution >= 0.6 is 0 Å². The summed E-state index contributed by atoms with van der Waals surface area (Å²) >= 11 is 0. The molecule has 590 valence electrons. The Bertz CT molecular complexity index is 2020. The van der Waals surface area contributed by atoms with Crippen LogP contribution in [0.15, 0.2) is 20.0 Å². The number of piperazine rings is 4. The molecular weight excluding hydrogens is 1280 g/mol. The molecule has 6 heterocycles. The van der Waals surface area contributed by atoms with E-state index in [0.29, 0.717) is 135 Å². The van der Waals surface area contributed by atoms with E-state index in [9.17, 15) is 20.4 Å². The summed E-state index contributed by atoms with van der Waals surface area (Å²) in [6, 6.07) is 0. The van der Waals surface area contributed by atoms with Crippen molar-refractivity contribution in [3.05, 3.63) is 0 Å². The number of rotatable bonds is 48. The van der Waals surface area contributed by atoms with Crippen molar-refractivity contribution in [2.24, 2.45) is 49.4 Å². The number of β-amino-alcohol motifs (C(OH)–C–C–N with tert-alkyl or cyclic N) is 3. The van der Waals surface area contributed by atoms with Crippen molar-refractivity contribution in [1.82, 2.24) is 44.9 Å². The SMILES string of the molecule is CC(=NCCN1CCN(CC(O)COCCCOCC(O)CNCCN)CC1)C(C)C.CC(=NCCN1CCN(CC(O)COCCCOCC2CO2)CC1)C(C)C.CC(=NCCN1CCNCC1)C(C)C.CCOCC(O)CN1CCN(CCN=C(C)C(C)C)CC1.CCOCC1CO1. The molecule has 8 N–H and O–H groups in total. The predicted octanol–water partition coefficient (Wildman–Crippen LogP) is 2.87. The van der Waals surface area contributed by atoms with E-state index in [2.05, 4.69) is 148 Å². The number of epoxide rings is 2. The molecule has 0 spiro atoms. The van der Waals surface area contributed by atoms with Crippen molar-refractivity contribution in [2.75, 3.05) is 289 Å². The molecule has 0 aliphatic carbocycles. The van der Waals surface area contributed by atoms with Crippen molar-refractivity contribution in [1.29, 1.82) is 0 Å². The molecule has 6 rings (SSSR count). The maximum absolute atomic E-state index is 10.2. The maximum atomic E-state index is 10.2. The molecule has 6 saturated heterocycles. The van der Waals surface area contributed by atoms with Gasteiger partial charge in [-0.25, -0.2) is 0 Å². The van der Waals surface area contributed by atoms with Crippen molar-refractivity contribution in [3.63, 3.8) is 0 Å². The minimum Gasteiger partial charge on any atom is -0.389 e. The molecule has 6 atom stereocenters. The fraction of sp³-hybridized carbons (Fsp3) is 0.946. The molecule has 0 aromatic rings. The molecule has 6 aliphatic heterocycles. The number of hydrogen-bond acceptors (Lipinski definition) is 26. The van der Waals surface area contributed by atoms with E-state index < -0.39 is 18.3 Å². The Morgan fingerprint density at radius 2 is 0.720 bits per heavy atom. The molecule has 100 heavy (non-hydrogen) atoms. The Balaban J connectivity index is 0.000000450. The Labute approximate surface area is 608 Å². The van der Waals surface area contributed by atoms with E-state index >= 15 is 0 Å². The van der Waals surface area contributed by atoms with Gasteiger partial charge in [0.2, 0.25) is 0 Å². The summed E-state index contributed by atoms with van der Waals surface area (Å²) in [4.78, 5) is 35.3. The zero-order valence-electron chi connectivity index (χ0n) is 65.9. The molecule has 26 nitrogen and oxygen atoms in total. The van der Waals surface area contributed by atoms with Gasteiger partial charge in [-0.3, -0.25) is 54.3 Å². The molecule has 0 saturated carbocycles. The number of aliphatic hydroxyl groups is 4. The lowest BCUT2D eigenvalue weighted by Gasteiger charge is -2.35. The van der Waals surface area contributed by atoms with Gasteiger partial charge in [0.1, 0.15) is 12.2 Å². The summed E-state index contributed by atoms with van der Waals surface area (Å²) in [7, 11) is 0. The number of hydrogen-bond donors (Lipinski definition) is 7. The highest BCUT2D eigenvalue weighted by molar-refractivity contribution is 5.84. The van der Waals surface area contributed by atoms with Gasteiger partial charge in [0.25, 0.3) is 0 Å². The smallest absolute Gasteiger partial charge is 0.104 e. The molecule has 6 aliphatic rings. The highest BCUT2D eigenvalue weighted by Crippen LogP contribution is 2.11. The second-order valence-corrected chi connectivity index (χ2v) is 28.6. The van der Waals surface area contributed by atoms with Gasteiger partial charge >= 0.3 is 0 Å². The first-order valence-electron chi connectivity index (χ1n) is 38.8. The highest BCUT2D eigenvalue weighted by atomic mass is 16.6. The van der Waals surface area contributed by atoms with Gasteiger partial charge in [-0.1, -0.05) is 55.4 Å². The summed E-state index contributed by atoms with van der Waals surface area (Å²) in [5, 5.41) is 46.3. The van der Waals surface area contributed by atoms with Crippen LogP contribution in [0.3, 0.4) is 0 Å². The quantitative estimate of drug-likeness (QED) is 0.0262. The Morgan fingerprint density at radius 1 is 0.430 bits per heavy atom. The van der Waals surface area contributed by atoms with Crippen LogP contribution < -0.4 is 16.4 Å². The fourth-order valence-corrected chi connectivity index (χ4v) is 10.4. The number of aliphatic hydroxyl groups excluding tert-OH is 4. The molecule has 6 fully saturated rings. The van der Waals surface area contributed by atoms with Crippen LogP contribution in [0.4, 0.5) is 0 Å². The van der Waals surface area contributed by atoms with E-state index in [-0.39, 0.29) is 6.10 Å². The van der Waals surface area contributed by atoms with Crippen molar-refractivity contribution >= 4 is 22.8 Å². The summed E-state index contributed by atoms with van der Waals surface area (Å²) < 4.78 is 42.3. The molecule has 0 aromatic heterocycles. The van der Waals surface area contributed by atoms with Gasteiger partial charge in [0.15, 0.2) is 0 Å². The maximum Gasteiger partial charge on any atom is 0.104 e. The first-order chi connectivity index (χ1) is 48.1. The van der Waals surface area contributed by atoms with Crippen molar-refractivity contribution < 1.29 is 58.3 Å². The van der Waals surface area contributed by atoms with Crippen LogP contribution in [-0.2, 0) is 37.9 Å². The van der Waals surface area contributed by atoms with Crippen LogP contribution in [0.1, 0.15) is 110 Å². The van der Waals surface area contributed by atoms with Gasteiger partial charge in [0.05, 0.1) is 103 Å². The molecule has 0 bridgehead atoms. The Hall–Kier alpha value is -2.20. The zero-order chi connectivity index (χ0) is 73.6. The molecule has 0 radical (unpaired) electrons. The number of nitrogens with two attached hydrogens (primary N) is 1. The third kappa shape index (κ3) is 53.5. The monoisotopic (exact) mass is 1430 g/mol. The van der Waals surface area contributed by atoms with Gasteiger partial charge in [-0.05, 0) is 78.1 Å². The van der Waals surface area contributed by atoms with Gasteiger partial charge in [0, 0.05) is 233 Å². The van der Waals surface area contributed by atoms with Crippen LogP contribution in [0, 0.1) is 23.7 Å². The van der Waals surface area contributed by atoms with Crippen molar-refractivity contribution in [2.45, 2.75) is 146 Å². The van der Waals surface area contributed by atoms with Gasteiger partial charge in [-0.15, -0.1) is 0 Å². The Morgan fingerprint density at radius 3 is 1.03 bits per heavy atom. The molecule has 26 heteroatoms. The van der Waals surface area contributed by atoms with Crippen LogP contribution in [0.25, 0.3) is 0 Å². The number of ether oxygens (including phenoxy) is 8. The lowest BCUT2D eigenvalue weighted by Crippen LogP contribution is -2.49. The minimum atomic E-state index is -0.522. The fourth-order valence-electron chi connectivity index (χ4n) is 10.4. The predicted molar refractivity (Wildman–Crippen MR) is 410 cm³/mol. The lowest BCUT2D eigenvalue weighted by molar-refractivity contribution is -0.00547. The van der Waals surface area contributed by atoms with E-state index in [0.717, 1.165) is 190 Å². The Kier molecular flexibility index (Phi) is 57.2. The summed E-state index contributed by atoms with van der Waals surface area (Å²) in [5.74, 6) is 2.21. The molecular formula is C74H152N14O12. The number of nitrogens with one attached hydrogen (secondary N) is 2. The first kappa shape index (κ1) is 93.9. The lowest BCUT2D eigenvalue weighted by atomic mass is 10.1. The van der Waals surface area contributed by atoms with E-state index in [1.54, 1.807) is 0 Å². The third-order valence-electron chi connectivity index (χ3n) is 18.4. The molecule has 0 aromatic carbocycles. The highest BCUT2D eigenvalue weighted by Gasteiger charge is 2.25. The normalized spacial score (nSPS) is 21.1. The summed E-state index contributed by atoms with van der Waals surface area (Å²) in [6.45, 7) is 67.0. The van der Waals surface area contributed by atoms with Crippen LogP contribution in [-0.4, -0.2) is 403 Å². The van der Waals surface area contributed by atoms with E-state index in [4.69, 9.17) is 43.6 Å². The number of nitrogens with zero attached hydrogens (tertiary/aromatic N) is 11. The van der Waals surface area contributed by atoms with E-state index in [1.165, 1.54) is 35.9 Å². The molecule has 0 amide bonds. The second kappa shape index (κ2) is 60.9. The zero-order valence-corrected chi connectivity index (χ0v) is 65.9. The van der Waals surface area contributed by atoms with Crippen molar-refractivity contribution in [3.8, 4) is 0 Å². The number of aliphatic imine (C=N–C) groups is 4. The van der Waals surface area contributed by atoms with E-state index in [1.807, 2.05) is 13.8 Å². The second-order valence-electron chi connectivity index (χ2n) is 28.6. The van der Waals surface area contributed by atoms with Gasteiger partial charge in [-0.2, -0.15) is 0 Å². The molecule has 6 unspecified atom stereocenters. The standard InChI is InChI=1S/C22H47N5O4.C20H39N3O4.C16H33N3O2.C11H23N3.C5H10O2/c1-19(2)20(3)25-7-8-26-9-11-27(12-10-26)16-22(29)18-31-14-4-13-30-17-21(28)15-24-6-5-23;1-17(2)18(3)21-5-6-22-7-9-23(10-8-22)13-19(24)14-25-11-4-12-26-15-20-16-27-20;1-5-21-13-16(20)12-19-10-8-18(9-11-19)7-6-17-15(4)14(2)3;1-10(2)11(3)13-6-9-14-7-4-12-5-8-14;1-2-6-3-5-4-7-5/h19,21-22,24,28-29H,4-18,23H2,1-3H3;17,19-20,24H,4-16H2,1-3H3;14,16,20H,5-13H2,1-4H3;10,12H,4-9H2,1-3H3;5H,2-4H2,1H3. The summed E-state index contributed by atoms with van der Waals surface area (Å²) in [5.41, 5.74) is 10.4.